The van der Waals surface area contributed by atoms with Crippen molar-refractivity contribution < 1.29 is 4.79 Å². The van der Waals surface area contributed by atoms with E-state index in [0.29, 0.717) is 23.5 Å². The van der Waals surface area contributed by atoms with E-state index >= 15 is 0 Å². The van der Waals surface area contributed by atoms with Crippen LogP contribution in [0.25, 0.3) is 0 Å². The second-order valence-electron chi connectivity index (χ2n) is 3.13. The summed E-state index contributed by atoms with van der Waals surface area (Å²) in [6.07, 6.45) is 0. The van der Waals surface area contributed by atoms with Crippen molar-refractivity contribution in [3.8, 4) is 0 Å². The predicted molar refractivity (Wildman–Crippen MR) is 34.0 cm³/mol. The Morgan fingerprint density at radius 2 is 2.00 bits per heavy atom. The van der Waals surface area contributed by atoms with E-state index < -0.39 is 0 Å². The number of rotatable bonds is 0. The highest BCUT2D eigenvalue weighted by molar-refractivity contribution is 5.91. The summed E-state index contributed by atoms with van der Waals surface area (Å²) in [5.74, 6) is 1.90. The van der Waals surface area contributed by atoms with Crippen LogP contribution in [0, 0.1) is 17.8 Å². The van der Waals surface area contributed by atoms with E-state index in [1.54, 1.807) is 0 Å². The monoisotopic (exact) mass is 125 g/mol. The molecule has 2 saturated heterocycles. The number of ketones is 1. The van der Waals surface area contributed by atoms with Gasteiger partial charge in [-0.3, -0.25) is 4.79 Å². The minimum absolute atomic E-state index is 0.365. The van der Waals surface area contributed by atoms with Gasteiger partial charge in [-0.2, -0.15) is 0 Å². The number of fused-ring (bicyclic) bond motifs is 2. The molecule has 0 spiro atoms. The Kier molecular flexibility index (Phi) is 0.943. The van der Waals surface area contributed by atoms with Crippen LogP contribution < -0.4 is 5.32 Å². The molecule has 1 N–H and O–H groups in total. The Hall–Kier alpha value is -0.370. The zero-order chi connectivity index (χ0) is 6.43. The van der Waals surface area contributed by atoms with E-state index in [2.05, 4.69) is 12.2 Å². The lowest BCUT2D eigenvalue weighted by Gasteiger charge is -2.46. The highest BCUT2D eigenvalue weighted by atomic mass is 16.1. The molecule has 0 radical (unpaired) electrons. The molecule has 2 nitrogen and oxygen atoms in total. The van der Waals surface area contributed by atoms with Gasteiger partial charge < -0.3 is 5.32 Å². The molecule has 0 amide bonds. The molecule has 0 aromatic rings. The lowest BCUT2D eigenvalue weighted by atomic mass is 9.62. The van der Waals surface area contributed by atoms with Crippen LogP contribution in [0.4, 0.5) is 0 Å². The predicted octanol–water partition coefficient (Wildman–Crippen LogP) is 0.0408. The van der Waals surface area contributed by atoms with Crippen molar-refractivity contribution in [1.82, 2.24) is 5.32 Å². The van der Waals surface area contributed by atoms with Gasteiger partial charge in [0.2, 0.25) is 0 Å². The summed E-state index contributed by atoms with van der Waals surface area (Å²) in [7, 11) is 0. The Labute approximate surface area is 54.6 Å². The standard InChI is InChI=1S/C7H11NO/c1-4-5-2-8-3-6(4)7(5)9/h4-6,8H,2-3H2,1H3/t4?,5-,6+. The third-order valence-electron chi connectivity index (χ3n) is 2.73. The fraction of sp³-hybridized carbons (Fsp3) is 0.857. The number of nitrogens with one attached hydrogen (secondary N) is 1. The first kappa shape index (κ1) is 5.42. The second-order valence-corrected chi connectivity index (χ2v) is 3.13. The van der Waals surface area contributed by atoms with E-state index in [4.69, 9.17) is 0 Å². The normalized spacial score (nSPS) is 48.6. The zero-order valence-corrected chi connectivity index (χ0v) is 5.55. The third kappa shape index (κ3) is 0.517. The van der Waals surface area contributed by atoms with Crippen molar-refractivity contribution in [2.24, 2.45) is 17.8 Å². The van der Waals surface area contributed by atoms with Crippen LogP contribution in [0.2, 0.25) is 0 Å². The summed E-state index contributed by atoms with van der Waals surface area (Å²) in [5, 5.41) is 3.22. The maximum Gasteiger partial charge on any atom is 0.142 e. The van der Waals surface area contributed by atoms with Crippen LogP contribution in [0.5, 0.6) is 0 Å². The van der Waals surface area contributed by atoms with Crippen LogP contribution in [0.15, 0.2) is 0 Å². The molecule has 1 unspecified atom stereocenters. The van der Waals surface area contributed by atoms with Crippen molar-refractivity contribution in [1.29, 1.82) is 0 Å². The van der Waals surface area contributed by atoms with Gasteiger partial charge in [0.1, 0.15) is 5.78 Å². The minimum Gasteiger partial charge on any atom is -0.315 e. The van der Waals surface area contributed by atoms with Gasteiger partial charge in [0.05, 0.1) is 0 Å². The number of hydrogen-bond acceptors (Lipinski definition) is 2. The molecule has 3 rings (SSSR count). The molecule has 2 aliphatic heterocycles. The molecular weight excluding hydrogens is 114 g/mol. The lowest BCUT2D eigenvalue weighted by Crippen LogP contribution is -2.59. The Bertz CT molecular complexity index is 141. The third-order valence-corrected chi connectivity index (χ3v) is 2.73. The second kappa shape index (κ2) is 1.57. The lowest BCUT2D eigenvalue weighted by molar-refractivity contribution is -0.144. The van der Waals surface area contributed by atoms with E-state index in [1.165, 1.54) is 0 Å². The molecule has 50 valence electrons. The van der Waals surface area contributed by atoms with Crippen LogP contribution in [-0.2, 0) is 4.79 Å². The van der Waals surface area contributed by atoms with Gasteiger partial charge in [0.15, 0.2) is 0 Å². The summed E-state index contributed by atoms with van der Waals surface area (Å²) < 4.78 is 0. The first-order valence-electron chi connectivity index (χ1n) is 3.55. The highest BCUT2D eigenvalue weighted by Crippen LogP contribution is 2.38. The maximum atomic E-state index is 11.0. The van der Waals surface area contributed by atoms with Crippen molar-refractivity contribution in [3.05, 3.63) is 0 Å². The van der Waals surface area contributed by atoms with E-state index in [1.807, 2.05) is 0 Å². The average molecular weight is 125 g/mol. The molecule has 3 fully saturated rings. The van der Waals surface area contributed by atoms with Gasteiger partial charge >= 0.3 is 0 Å². The van der Waals surface area contributed by atoms with Crippen LogP contribution in [-0.4, -0.2) is 18.9 Å². The molecule has 9 heavy (non-hydrogen) atoms. The number of carbonyl (C=O) groups excluding carboxylic acids is 1. The summed E-state index contributed by atoms with van der Waals surface area (Å²) in [6.45, 7) is 4.03. The maximum absolute atomic E-state index is 11.0. The van der Waals surface area contributed by atoms with Gasteiger partial charge in [-0.05, 0) is 5.92 Å². The summed E-state index contributed by atoms with van der Waals surface area (Å²) in [5.41, 5.74) is 0. The fourth-order valence-corrected chi connectivity index (χ4v) is 1.92. The molecule has 0 aromatic carbocycles. The summed E-state index contributed by atoms with van der Waals surface area (Å²) in [4.78, 5) is 11.0. The van der Waals surface area contributed by atoms with Gasteiger partial charge in [0, 0.05) is 24.9 Å². The highest BCUT2D eigenvalue weighted by Gasteiger charge is 2.48. The summed E-state index contributed by atoms with van der Waals surface area (Å²) in [6, 6.07) is 0. The molecule has 3 aliphatic rings. The number of carbonyl (C=O) groups is 1. The van der Waals surface area contributed by atoms with Crippen LogP contribution in [0.3, 0.4) is 0 Å². The molecule has 0 aromatic heterocycles. The van der Waals surface area contributed by atoms with Crippen molar-refractivity contribution in [2.45, 2.75) is 6.92 Å². The van der Waals surface area contributed by atoms with E-state index in [0.717, 1.165) is 13.1 Å². The largest absolute Gasteiger partial charge is 0.315 e. The quantitative estimate of drug-likeness (QED) is 0.495. The van der Waals surface area contributed by atoms with Crippen molar-refractivity contribution in [2.75, 3.05) is 13.1 Å². The molecule has 2 heteroatoms. The van der Waals surface area contributed by atoms with E-state index in [9.17, 15) is 4.79 Å². The molecule has 2 bridgehead atoms. The number of Topliss-reactive ketones (excluding diaryl/α,β-unsaturated/α-hetero) is 1. The molecule has 1 saturated carbocycles. The summed E-state index contributed by atoms with van der Waals surface area (Å²) >= 11 is 0. The van der Waals surface area contributed by atoms with Gasteiger partial charge in [-0.25, -0.2) is 0 Å². The number of piperidine rings is 2. The Balaban J connectivity index is 2.17. The zero-order valence-electron chi connectivity index (χ0n) is 5.55. The molecule has 2 heterocycles. The van der Waals surface area contributed by atoms with E-state index in [-0.39, 0.29) is 0 Å². The van der Waals surface area contributed by atoms with Gasteiger partial charge in [-0.1, -0.05) is 6.92 Å². The van der Waals surface area contributed by atoms with Gasteiger partial charge in [-0.15, -0.1) is 0 Å². The smallest absolute Gasteiger partial charge is 0.142 e. The minimum atomic E-state index is 0.365. The number of hydrogen-bond donors (Lipinski definition) is 1. The average Bonchev–Trinajstić information content (AvgIpc) is 1.91. The molecular formula is C7H11NO. The molecule has 3 atom stereocenters. The molecule has 1 aliphatic carbocycles. The van der Waals surface area contributed by atoms with Crippen molar-refractivity contribution >= 4 is 5.78 Å². The van der Waals surface area contributed by atoms with Crippen LogP contribution in [0.1, 0.15) is 6.92 Å². The Morgan fingerprint density at radius 1 is 1.44 bits per heavy atom. The van der Waals surface area contributed by atoms with Crippen LogP contribution >= 0.6 is 0 Å². The first-order chi connectivity index (χ1) is 4.30. The SMILES string of the molecule is CC1[C@@H]2CNC[C@H]1C2=O. The first-order valence-corrected chi connectivity index (χ1v) is 3.55. The van der Waals surface area contributed by atoms with Crippen molar-refractivity contribution in [3.63, 3.8) is 0 Å². The topological polar surface area (TPSA) is 29.1 Å². The fourth-order valence-electron chi connectivity index (χ4n) is 1.92. The Morgan fingerprint density at radius 3 is 2.22 bits per heavy atom. The van der Waals surface area contributed by atoms with Gasteiger partial charge in [0.25, 0.3) is 0 Å².